The highest BCUT2D eigenvalue weighted by molar-refractivity contribution is 5.95. The highest BCUT2D eigenvalue weighted by Gasteiger charge is 2.18. The molecule has 3 amide bonds. The van der Waals surface area contributed by atoms with E-state index >= 15 is 0 Å². The van der Waals surface area contributed by atoms with Crippen LogP contribution in [0.1, 0.15) is 37.7 Å². The first-order valence-corrected chi connectivity index (χ1v) is 9.24. The van der Waals surface area contributed by atoms with Gasteiger partial charge in [-0.25, -0.2) is 4.79 Å². The van der Waals surface area contributed by atoms with Crippen molar-refractivity contribution >= 4 is 11.9 Å². The summed E-state index contributed by atoms with van der Waals surface area (Å²) in [6.07, 6.45) is 6.36. The van der Waals surface area contributed by atoms with Crippen molar-refractivity contribution in [3.63, 3.8) is 0 Å². The quantitative estimate of drug-likeness (QED) is 0.668. The first-order valence-electron chi connectivity index (χ1n) is 9.24. The van der Waals surface area contributed by atoms with Crippen molar-refractivity contribution in [3.05, 3.63) is 35.9 Å². The maximum absolute atomic E-state index is 12.1. The maximum atomic E-state index is 12.1. The third-order valence-corrected chi connectivity index (χ3v) is 4.57. The highest BCUT2D eigenvalue weighted by Crippen LogP contribution is 2.17. The summed E-state index contributed by atoms with van der Waals surface area (Å²) in [6.45, 7) is 2.03. The van der Waals surface area contributed by atoms with E-state index in [1.165, 1.54) is 12.0 Å². The number of carbonyl (C=O) groups is 2. The van der Waals surface area contributed by atoms with Crippen LogP contribution in [0.4, 0.5) is 4.79 Å². The van der Waals surface area contributed by atoms with Crippen LogP contribution >= 0.6 is 0 Å². The molecular weight excluding hydrogens is 316 g/mol. The zero-order valence-corrected chi connectivity index (χ0v) is 14.9. The molecule has 0 radical (unpaired) electrons. The molecule has 0 bridgehead atoms. The summed E-state index contributed by atoms with van der Waals surface area (Å²) >= 11 is 0. The molecule has 0 spiro atoms. The number of nitrogens with one attached hydrogen (secondary N) is 2. The predicted molar refractivity (Wildman–Crippen MR) is 99.2 cm³/mol. The molecule has 138 valence electrons. The Bertz CT molecular complexity index is 529. The lowest BCUT2D eigenvalue weighted by Crippen LogP contribution is -2.48. The zero-order chi connectivity index (χ0) is 17.9. The van der Waals surface area contributed by atoms with Gasteiger partial charge in [0.15, 0.2) is 0 Å². The number of urea groups is 1. The molecule has 25 heavy (non-hydrogen) atoms. The fourth-order valence-electron chi connectivity index (χ4n) is 3.22. The van der Waals surface area contributed by atoms with Crippen LogP contribution in [0.3, 0.4) is 0 Å². The first kappa shape index (κ1) is 19.4. The predicted octanol–water partition coefficient (Wildman–Crippen LogP) is 1.65. The van der Waals surface area contributed by atoms with Gasteiger partial charge < -0.3 is 11.1 Å². The molecule has 4 N–H and O–H groups in total. The van der Waals surface area contributed by atoms with Crippen LogP contribution in [-0.4, -0.2) is 49.1 Å². The lowest BCUT2D eigenvalue weighted by atomic mass is 9.96. The van der Waals surface area contributed by atoms with E-state index in [1.54, 1.807) is 0 Å². The molecule has 1 aliphatic rings. The number of rotatable bonds is 8. The Labute approximate surface area is 150 Å². The van der Waals surface area contributed by atoms with Gasteiger partial charge in [-0.05, 0) is 24.8 Å². The van der Waals surface area contributed by atoms with E-state index < -0.39 is 0 Å². The molecule has 1 saturated carbocycles. The molecule has 0 heterocycles. The van der Waals surface area contributed by atoms with Crippen LogP contribution in [0.25, 0.3) is 0 Å². The van der Waals surface area contributed by atoms with E-state index in [0.29, 0.717) is 13.1 Å². The minimum Gasteiger partial charge on any atom is -0.335 e. The zero-order valence-electron chi connectivity index (χ0n) is 14.9. The molecular formula is C19H30N4O2. The summed E-state index contributed by atoms with van der Waals surface area (Å²) in [5, 5.41) is 5.34. The van der Waals surface area contributed by atoms with Crippen molar-refractivity contribution in [2.24, 2.45) is 5.73 Å². The molecule has 0 unspecified atom stereocenters. The average molecular weight is 346 g/mol. The van der Waals surface area contributed by atoms with Crippen molar-refractivity contribution in [2.45, 2.75) is 44.6 Å². The van der Waals surface area contributed by atoms with Crippen LogP contribution in [0.15, 0.2) is 30.3 Å². The summed E-state index contributed by atoms with van der Waals surface area (Å²) in [5.74, 6) is -0.283. The molecule has 0 saturated heterocycles. The van der Waals surface area contributed by atoms with Gasteiger partial charge in [-0.1, -0.05) is 49.6 Å². The molecule has 0 atom stereocenters. The van der Waals surface area contributed by atoms with Crippen molar-refractivity contribution < 1.29 is 9.59 Å². The number of nitrogens with two attached hydrogens (primary N) is 1. The Morgan fingerprint density at radius 3 is 2.48 bits per heavy atom. The van der Waals surface area contributed by atoms with Gasteiger partial charge >= 0.3 is 6.03 Å². The van der Waals surface area contributed by atoms with E-state index in [1.807, 2.05) is 23.1 Å². The average Bonchev–Trinajstić information content (AvgIpc) is 2.61. The summed E-state index contributed by atoms with van der Waals surface area (Å²) in [5.41, 5.74) is 6.87. The molecule has 0 aliphatic heterocycles. The van der Waals surface area contributed by atoms with Crippen molar-refractivity contribution in [1.29, 1.82) is 0 Å². The summed E-state index contributed by atoms with van der Waals surface area (Å²) in [4.78, 5) is 26.1. The molecule has 1 aliphatic carbocycles. The van der Waals surface area contributed by atoms with Gasteiger partial charge in [0, 0.05) is 25.7 Å². The minimum absolute atomic E-state index is 0.183. The Hall–Kier alpha value is -1.92. The van der Waals surface area contributed by atoms with E-state index in [0.717, 1.165) is 38.6 Å². The largest absolute Gasteiger partial charge is 0.335 e. The standard InChI is InChI=1S/C19H30N4O2/c20-12-14-23(13-11-16-7-3-1-4-8-16)15-18(24)22-19(25)21-17-9-5-2-6-10-17/h1,3-4,7-8,17H,2,5-6,9-15,20H2,(H2,21,22,24,25). The molecule has 1 aromatic carbocycles. The molecule has 6 heteroatoms. The van der Waals surface area contributed by atoms with Crippen LogP contribution < -0.4 is 16.4 Å². The number of amides is 3. The Morgan fingerprint density at radius 1 is 1.08 bits per heavy atom. The second kappa shape index (κ2) is 10.8. The van der Waals surface area contributed by atoms with E-state index in [4.69, 9.17) is 5.73 Å². The number of benzene rings is 1. The van der Waals surface area contributed by atoms with Gasteiger partial charge in [0.2, 0.25) is 5.91 Å². The molecule has 1 aromatic rings. The normalized spacial score (nSPS) is 15.1. The minimum atomic E-state index is -0.382. The van der Waals surface area contributed by atoms with E-state index in [-0.39, 0.29) is 24.5 Å². The topological polar surface area (TPSA) is 87.5 Å². The van der Waals surface area contributed by atoms with Gasteiger partial charge in [0.05, 0.1) is 6.54 Å². The van der Waals surface area contributed by atoms with Gasteiger partial charge in [0.1, 0.15) is 0 Å². The smallest absolute Gasteiger partial charge is 0.321 e. The monoisotopic (exact) mass is 346 g/mol. The highest BCUT2D eigenvalue weighted by atomic mass is 16.2. The van der Waals surface area contributed by atoms with Crippen molar-refractivity contribution in [3.8, 4) is 0 Å². The van der Waals surface area contributed by atoms with Crippen LogP contribution in [0.5, 0.6) is 0 Å². The number of nitrogens with zero attached hydrogens (tertiary/aromatic N) is 1. The van der Waals surface area contributed by atoms with E-state index in [9.17, 15) is 9.59 Å². The van der Waals surface area contributed by atoms with Crippen LogP contribution in [0, 0.1) is 0 Å². The lowest BCUT2D eigenvalue weighted by molar-refractivity contribution is -0.121. The fourth-order valence-corrected chi connectivity index (χ4v) is 3.22. The number of carbonyl (C=O) groups excluding carboxylic acids is 2. The van der Waals surface area contributed by atoms with Gasteiger partial charge in [-0.15, -0.1) is 0 Å². The Kier molecular flexibility index (Phi) is 8.42. The number of hydrogen-bond acceptors (Lipinski definition) is 4. The van der Waals surface area contributed by atoms with Gasteiger partial charge in [0.25, 0.3) is 0 Å². The van der Waals surface area contributed by atoms with Gasteiger partial charge in [-0.2, -0.15) is 0 Å². The number of imide groups is 1. The fraction of sp³-hybridized carbons (Fsp3) is 0.579. The Morgan fingerprint density at radius 2 is 1.80 bits per heavy atom. The first-order chi connectivity index (χ1) is 12.2. The van der Waals surface area contributed by atoms with E-state index in [2.05, 4.69) is 22.8 Å². The van der Waals surface area contributed by atoms with Crippen LogP contribution in [0.2, 0.25) is 0 Å². The third kappa shape index (κ3) is 7.67. The van der Waals surface area contributed by atoms with Crippen molar-refractivity contribution in [2.75, 3.05) is 26.2 Å². The number of hydrogen-bond donors (Lipinski definition) is 3. The summed E-state index contributed by atoms with van der Waals surface area (Å²) < 4.78 is 0. The van der Waals surface area contributed by atoms with Crippen LogP contribution in [-0.2, 0) is 11.2 Å². The Balaban J connectivity index is 1.73. The SMILES string of the molecule is NCCN(CCc1ccccc1)CC(=O)NC(=O)NC1CCCCC1. The molecule has 2 rings (SSSR count). The summed E-state index contributed by atoms with van der Waals surface area (Å²) in [6, 6.07) is 9.94. The molecule has 0 aromatic heterocycles. The van der Waals surface area contributed by atoms with Gasteiger partial charge in [-0.3, -0.25) is 15.0 Å². The second-order valence-electron chi connectivity index (χ2n) is 6.66. The van der Waals surface area contributed by atoms with Crippen molar-refractivity contribution in [1.82, 2.24) is 15.5 Å². The lowest BCUT2D eigenvalue weighted by Gasteiger charge is -2.24. The molecule has 1 fully saturated rings. The molecule has 6 nitrogen and oxygen atoms in total. The third-order valence-electron chi connectivity index (χ3n) is 4.57. The maximum Gasteiger partial charge on any atom is 0.321 e. The second-order valence-corrected chi connectivity index (χ2v) is 6.66. The summed E-state index contributed by atoms with van der Waals surface area (Å²) in [7, 11) is 0.